The molecule has 7 rings (SSSR count). The zero-order valence-electron chi connectivity index (χ0n) is 36.6. The summed E-state index contributed by atoms with van der Waals surface area (Å²) in [5.74, 6) is 0. The maximum atomic E-state index is 2.56. The molecule has 0 fully saturated rings. The van der Waals surface area contributed by atoms with Crippen LogP contribution in [0.4, 0.5) is 0 Å². The van der Waals surface area contributed by atoms with Crippen molar-refractivity contribution in [3.63, 3.8) is 0 Å². The highest BCUT2D eigenvalue weighted by atomic mass is 14.3. The lowest BCUT2D eigenvalue weighted by atomic mass is 9.72. The SMILES string of the molecule is CCc1cc(C)cc(-c2c(-c3cc(C)cc(CC)c3CC)c(-c3cc(C)cc(CC)c3CC)c3c(c2-c2cc(C)cc(CC)c2CC)=c2ccccc2=3)c1CC. The van der Waals surface area contributed by atoms with E-state index in [1.165, 1.54) is 132 Å². The van der Waals surface area contributed by atoms with Crippen molar-refractivity contribution in [2.75, 3.05) is 0 Å². The highest BCUT2D eigenvalue weighted by molar-refractivity contribution is 6.05. The van der Waals surface area contributed by atoms with Crippen molar-refractivity contribution in [3.05, 3.63) is 160 Å². The third-order valence-electron chi connectivity index (χ3n) is 12.9. The standard InChI is InChI=1S/C56H64/c1-13-37-25-33(9)29-47(41(37)17-5)53-51-45-23-21-22-24-46(45)52(51)54(48-30-34(10)26-38(14-2)42(48)18-6)56(50-32-36(12)28-40(16-4)44(50)20-8)55(53)49-31-35(11)27-39(15-3)43(49)19-7/h21-32H,13-20H2,1-12H3. The Kier molecular flexibility index (Phi) is 11.3. The van der Waals surface area contributed by atoms with Gasteiger partial charge in [0.1, 0.15) is 0 Å². The fraction of sp³-hybridized carbons (Fsp3) is 0.357. The lowest BCUT2D eigenvalue weighted by molar-refractivity contribution is 1.02. The van der Waals surface area contributed by atoms with E-state index >= 15 is 0 Å². The van der Waals surface area contributed by atoms with Gasteiger partial charge < -0.3 is 0 Å². The van der Waals surface area contributed by atoms with E-state index in [4.69, 9.17) is 0 Å². The van der Waals surface area contributed by atoms with Gasteiger partial charge in [-0.3, -0.25) is 0 Å². The minimum absolute atomic E-state index is 0.995. The largest absolute Gasteiger partial charge is 0.0616 e. The minimum atomic E-state index is 0.995. The molecule has 0 aliphatic heterocycles. The van der Waals surface area contributed by atoms with Gasteiger partial charge in [0.2, 0.25) is 0 Å². The van der Waals surface area contributed by atoms with Gasteiger partial charge in [-0.15, -0.1) is 0 Å². The average molecular weight is 737 g/mol. The highest BCUT2D eigenvalue weighted by Crippen LogP contribution is 2.53. The van der Waals surface area contributed by atoms with Crippen molar-refractivity contribution < 1.29 is 0 Å². The molecule has 56 heavy (non-hydrogen) atoms. The summed E-state index contributed by atoms with van der Waals surface area (Å²) in [7, 11) is 0. The molecular weight excluding hydrogens is 673 g/mol. The van der Waals surface area contributed by atoms with Gasteiger partial charge in [0.05, 0.1) is 0 Å². The Hall–Kier alpha value is -4.68. The lowest BCUT2D eigenvalue weighted by Gasteiger charge is -2.31. The van der Waals surface area contributed by atoms with E-state index in [1.807, 2.05) is 0 Å². The third-order valence-corrected chi connectivity index (χ3v) is 12.9. The van der Waals surface area contributed by atoms with Crippen LogP contribution in [-0.2, 0) is 51.4 Å². The maximum Gasteiger partial charge on any atom is -0.000730 e. The van der Waals surface area contributed by atoms with Gasteiger partial charge in [-0.2, -0.15) is 0 Å². The first kappa shape index (κ1) is 39.6. The Morgan fingerprint density at radius 2 is 0.554 bits per heavy atom. The topological polar surface area (TPSA) is 0 Å². The zero-order valence-corrected chi connectivity index (χ0v) is 36.6. The molecule has 0 nitrogen and oxygen atoms in total. The van der Waals surface area contributed by atoms with E-state index in [9.17, 15) is 0 Å². The molecule has 0 saturated heterocycles. The van der Waals surface area contributed by atoms with Crippen LogP contribution >= 0.6 is 0 Å². The molecular formula is C56H64. The fourth-order valence-corrected chi connectivity index (χ4v) is 10.6. The highest BCUT2D eigenvalue weighted by Gasteiger charge is 2.31. The van der Waals surface area contributed by atoms with Crippen molar-refractivity contribution in [3.8, 4) is 44.5 Å². The fourth-order valence-electron chi connectivity index (χ4n) is 10.6. The summed E-state index contributed by atoms with van der Waals surface area (Å²) in [6, 6.07) is 29.3. The molecule has 288 valence electrons. The number of aryl methyl sites for hydroxylation is 8. The lowest BCUT2D eigenvalue weighted by Crippen LogP contribution is -2.10. The normalized spacial score (nSPS) is 11.8. The number of benzene rings is 6. The summed E-state index contributed by atoms with van der Waals surface area (Å²) in [5, 5.41) is 5.68. The van der Waals surface area contributed by atoms with E-state index in [1.54, 1.807) is 0 Å². The second kappa shape index (κ2) is 16.1. The molecule has 0 atom stereocenters. The summed E-state index contributed by atoms with van der Waals surface area (Å²) in [5.41, 5.74) is 28.7. The first-order chi connectivity index (χ1) is 27.1. The van der Waals surface area contributed by atoms with Crippen LogP contribution < -0.4 is 0 Å². The van der Waals surface area contributed by atoms with Gasteiger partial charge >= 0.3 is 0 Å². The van der Waals surface area contributed by atoms with E-state index in [0.717, 1.165) is 51.4 Å². The van der Waals surface area contributed by atoms with Crippen molar-refractivity contribution in [2.24, 2.45) is 0 Å². The molecule has 6 aromatic carbocycles. The van der Waals surface area contributed by atoms with Crippen molar-refractivity contribution in [1.29, 1.82) is 0 Å². The summed E-state index contributed by atoms with van der Waals surface area (Å²) >= 11 is 0. The quantitative estimate of drug-likeness (QED) is 0.117. The van der Waals surface area contributed by atoms with E-state index in [2.05, 4.69) is 156 Å². The maximum absolute atomic E-state index is 2.56. The van der Waals surface area contributed by atoms with Crippen LogP contribution in [0.5, 0.6) is 0 Å². The first-order valence-electron chi connectivity index (χ1n) is 21.9. The molecule has 0 spiro atoms. The predicted octanol–water partition coefficient (Wildman–Crippen LogP) is 15.0. The van der Waals surface area contributed by atoms with Crippen LogP contribution in [0, 0.1) is 48.6 Å². The molecule has 1 aliphatic rings. The molecule has 0 heterocycles. The number of hydrogen-bond acceptors (Lipinski definition) is 0. The molecule has 0 aromatic heterocycles. The molecule has 0 heteroatoms. The number of rotatable bonds is 12. The molecule has 1 aliphatic carbocycles. The predicted molar refractivity (Wildman–Crippen MR) is 244 cm³/mol. The Morgan fingerprint density at radius 3 is 0.786 bits per heavy atom. The van der Waals surface area contributed by atoms with Crippen LogP contribution in [0.15, 0.2) is 72.8 Å². The minimum Gasteiger partial charge on any atom is -0.0616 e. The van der Waals surface area contributed by atoms with Crippen LogP contribution in [-0.4, -0.2) is 0 Å². The summed E-state index contributed by atoms with van der Waals surface area (Å²) in [4.78, 5) is 0. The molecule has 6 aromatic rings. The number of fused-ring (bicyclic) bond motifs is 2. The van der Waals surface area contributed by atoms with Gasteiger partial charge in [0, 0.05) is 0 Å². The molecule has 0 radical (unpaired) electrons. The van der Waals surface area contributed by atoms with E-state index in [0.29, 0.717) is 0 Å². The molecule has 0 unspecified atom stereocenters. The van der Waals surface area contributed by atoms with Crippen LogP contribution in [0.3, 0.4) is 0 Å². The van der Waals surface area contributed by atoms with Gasteiger partial charge in [-0.1, -0.05) is 150 Å². The summed E-state index contributed by atoms with van der Waals surface area (Å²) < 4.78 is 0. The smallest absolute Gasteiger partial charge is 0.000730 e. The molecule has 0 saturated carbocycles. The van der Waals surface area contributed by atoms with Crippen LogP contribution in [0.2, 0.25) is 0 Å². The monoisotopic (exact) mass is 737 g/mol. The van der Waals surface area contributed by atoms with Crippen molar-refractivity contribution in [2.45, 2.75) is 134 Å². The molecule has 0 N–H and O–H groups in total. The molecule has 0 amide bonds. The van der Waals surface area contributed by atoms with E-state index in [-0.39, 0.29) is 0 Å². The van der Waals surface area contributed by atoms with Gasteiger partial charge in [-0.25, -0.2) is 0 Å². The summed E-state index contributed by atoms with van der Waals surface area (Å²) in [6.07, 6.45) is 8.10. The number of hydrogen-bond donors (Lipinski definition) is 0. The Morgan fingerprint density at radius 1 is 0.304 bits per heavy atom. The van der Waals surface area contributed by atoms with E-state index < -0.39 is 0 Å². The van der Waals surface area contributed by atoms with Gasteiger partial charge in [0.15, 0.2) is 0 Å². The Balaban J connectivity index is 1.95. The van der Waals surface area contributed by atoms with Crippen LogP contribution in [0.1, 0.15) is 122 Å². The Bertz CT molecular complexity index is 2510. The second-order valence-electron chi connectivity index (χ2n) is 16.4. The van der Waals surface area contributed by atoms with Crippen molar-refractivity contribution in [1.82, 2.24) is 0 Å². The Labute approximate surface area is 338 Å². The molecule has 0 bridgehead atoms. The zero-order chi connectivity index (χ0) is 40.0. The second-order valence-corrected chi connectivity index (χ2v) is 16.4. The van der Waals surface area contributed by atoms with Gasteiger partial charge in [0.25, 0.3) is 0 Å². The summed E-state index contributed by atoms with van der Waals surface area (Å²) in [6.45, 7) is 28.1. The first-order valence-corrected chi connectivity index (χ1v) is 21.9. The average Bonchev–Trinajstić information content (AvgIpc) is 3.20. The third kappa shape index (κ3) is 6.38. The van der Waals surface area contributed by atoms with Gasteiger partial charge in [-0.05, 0) is 189 Å². The van der Waals surface area contributed by atoms with Crippen LogP contribution in [0.25, 0.3) is 44.5 Å². The van der Waals surface area contributed by atoms with Crippen molar-refractivity contribution >= 4 is 0 Å².